The van der Waals surface area contributed by atoms with Crippen molar-refractivity contribution < 1.29 is 27.9 Å². The lowest BCUT2D eigenvalue weighted by Gasteiger charge is -2.11. The van der Waals surface area contributed by atoms with E-state index in [1.54, 1.807) is 36.4 Å². The minimum Gasteiger partial charge on any atom is -0.491 e. The zero-order valence-electron chi connectivity index (χ0n) is 11.6. The van der Waals surface area contributed by atoms with E-state index in [4.69, 9.17) is 9.84 Å². The summed E-state index contributed by atoms with van der Waals surface area (Å²) in [6, 6.07) is 12.6. The van der Waals surface area contributed by atoms with E-state index in [2.05, 4.69) is 0 Å². The van der Waals surface area contributed by atoms with Gasteiger partial charge in [-0.25, -0.2) is 0 Å². The number of hydrogen-bond acceptors (Lipinski definition) is 5. The largest absolute Gasteiger partial charge is 0.491 e. The molecule has 0 aliphatic heterocycles. The van der Waals surface area contributed by atoms with Crippen LogP contribution >= 0.6 is 0 Å². The van der Waals surface area contributed by atoms with Crippen molar-refractivity contribution in [1.82, 2.24) is 0 Å². The third-order valence-electron chi connectivity index (χ3n) is 2.98. The molecule has 7 heteroatoms. The summed E-state index contributed by atoms with van der Waals surface area (Å²) in [7, 11) is -4.31. The molecular formula is C15H16O6S. The molecule has 0 aliphatic rings. The molecule has 1 unspecified atom stereocenters. The maximum absolute atomic E-state index is 11.4. The summed E-state index contributed by atoms with van der Waals surface area (Å²) in [5.41, 5.74) is 0.982. The van der Waals surface area contributed by atoms with Crippen LogP contribution in [0.2, 0.25) is 0 Å². The molecule has 0 bridgehead atoms. The predicted molar refractivity (Wildman–Crippen MR) is 80.3 cm³/mol. The highest BCUT2D eigenvalue weighted by molar-refractivity contribution is 7.86. The molecule has 1 atom stereocenters. The number of hydrogen-bond donors (Lipinski definition) is 3. The minimum absolute atomic E-state index is 0.0442. The van der Waals surface area contributed by atoms with Gasteiger partial charge in [-0.3, -0.25) is 4.55 Å². The van der Waals surface area contributed by atoms with Gasteiger partial charge in [0.25, 0.3) is 10.1 Å². The molecule has 2 rings (SSSR count). The fourth-order valence-electron chi connectivity index (χ4n) is 1.91. The second kappa shape index (κ2) is 6.89. The SMILES string of the molecule is O=S(=O)(O)c1ccccc1-c1ccc(OCC(O)CO)cc1. The summed E-state index contributed by atoms with van der Waals surface area (Å²) in [5, 5.41) is 17.9. The Hall–Kier alpha value is -1.93. The Labute approximate surface area is 128 Å². The van der Waals surface area contributed by atoms with Crippen molar-refractivity contribution in [2.75, 3.05) is 13.2 Å². The summed E-state index contributed by atoms with van der Waals surface area (Å²) >= 11 is 0. The number of aliphatic hydroxyl groups excluding tert-OH is 2. The fraction of sp³-hybridized carbons (Fsp3) is 0.200. The van der Waals surface area contributed by atoms with E-state index >= 15 is 0 Å². The highest BCUT2D eigenvalue weighted by Crippen LogP contribution is 2.28. The molecule has 0 saturated carbocycles. The quantitative estimate of drug-likeness (QED) is 0.693. The van der Waals surface area contributed by atoms with Gasteiger partial charge in [0.1, 0.15) is 23.4 Å². The second-order valence-corrected chi connectivity index (χ2v) is 6.03. The molecule has 0 spiro atoms. The molecule has 6 nitrogen and oxygen atoms in total. The molecule has 0 heterocycles. The van der Waals surface area contributed by atoms with Crippen molar-refractivity contribution in [2.24, 2.45) is 0 Å². The first kappa shape index (κ1) is 16.4. The smallest absolute Gasteiger partial charge is 0.295 e. The number of ether oxygens (including phenoxy) is 1. The first-order chi connectivity index (χ1) is 10.4. The van der Waals surface area contributed by atoms with Crippen LogP contribution in [0.15, 0.2) is 53.4 Å². The van der Waals surface area contributed by atoms with Crippen molar-refractivity contribution in [3.8, 4) is 16.9 Å². The van der Waals surface area contributed by atoms with Gasteiger partial charge in [-0.05, 0) is 23.8 Å². The van der Waals surface area contributed by atoms with Gasteiger partial charge in [-0.15, -0.1) is 0 Å². The predicted octanol–water partition coefficient (Wildman–Crippen LogP) is 1.33. The molecule has 3 N–H and O–H groups in total. The summed E-state index contributed by atoms with van der Waals surface area (Å²) in [4.78, 5) is -0.167. The van der Waals surface area contributed by atoms with E-state index < -0.39 is 16.2 Å². The molecule has 0 amide bonds. The lowest BCUT2D eigenvalue weighted by atomic mass is 10.1. The summed E-state index contributed by atoms with van der Waals surface area (Å²) in [6.07, 6.45) is -0.958. The maximum Gasteiger partial charge on any atom is 0.295 e. The first-order valence-electron chi connectivity index (χ1n) is 6.50. The topological polar surface area (TPSA) is 104 Å². The third-order valence-corrected chi connectivity index (χ3v) is 3.90. The van der Waals surface area contributed by atoms with Crippen molar-refractivity contribution >= 4 is 10.1 Å². The van der Waals surface area contributed by atoms with Gasteiger partial charge in [-0.2, -0.15) is 8.42 Å². The van der Waals surface area contributed by atoms with Crippen LogP contribution in [-0.4, -0.2) is 42.5 Å². The molecule has 0 aromatic heterocycles. The molecule has 22 heavy (non-hydrogen) atoms. The number of benzene rings is 2. The number of aliphatic hydroxyl groups is 2. The Bertz CT molecular complexity index is 724. The highest BCUT2D eigenvalue weighted by atomic mass is 32.2. The van der Waals surface area contributed by atoms with Gasteiger partial charge in [0, 0.05) is 5.56 Å². The Morgan fingerprint density at radius 2 is 1.68 bits per heavy atom. The maximum atomic E-state index is 11.4. The van der Waals surface area contributed by atoms with Crippen LogP contribution in [0.4, 0.5) is 0 Å². The van der Waals surface area contributed by atoms with Crippen molar-refractivity contribution in [3.63, 3.8) is 0 Å². The van der Waals surface area contributed by atoms with Crippen LogP contribution in [0.3, 0.4) is 0 Å². The first-order valence-corrected chi connectivity index (χ1v) is 7.94. The molecule has 0 saturated heterocycles. The average molecular weight is 324 g/mol. The van der Waals surface area contributed by atoms with E-state index in [1.807, 2.05) is 0 Å². The van der Waals surface area contributed by atoms with E-state index in [-0.39, 0.29) is 18.1 Å². The van der Waals surface area contributed by atoms with E-state index in [9.17, 15) is 18.1 Å². The molecule has 0 radical (unpaired) electrons. The normalized spacial score (nSPS) is 12.9. The molecule has 0 fully saturated rings. The monoisotopic (exact) mass is 324 g/mol. The third kappa shape index (κ3) is 4.05. The molecule has 2 aromatic rings. The van der Waals surface area contributed by atoms with Gasteiger partial charge in [0.2, 0.25) is 0 Å². The van der Waals surface area contributed by atoms with Crippen molar-refractivity contribution in [3.05, 3.63) is 48.5 Å². The second-order valence-electron chi connectivity index (χ2n) is 4.64. The van der Waals surface area contributed by atoms with Crippen LogP contribution in [0, 0.1) is 0 Å². The Morgan fingerprint density at radius 1 is 1.05 bits per heavy atom. The van der Waals surface area contributed by atoms with Crippen molar-refractivity contribution in [1.29, 1.82) is 0 Å². The van der Waals surface area contributed by atoms with Gasteiger partial charge in [-0.1, -0.05) is 30.3 Å². The lowest BCUT2D eigenvalue weighted by Crippen LogP contribution is -2.21. The Morgan fingerprint density at radius 3 is 2.27 bits per heavy atom. The number of rotatable bonds is 6. The van der Waals surface area contributed by atoms with Gasteiger partial charge < -0.3 is 14.9 Å². The van der Waals surface area contributed by atoms with E-state index in [0.717, 1.165) is 0 Å². The van der Waals surface area contributed by atoms with E-state index in [0.29, 0.717) is 16.9 Å². The van der Waals surface area contributed by atoms with E-state index in [1.165, 1.54) is 12.1 Å². The molecular weight excluding hydrogens is 308 g/mol. The lowest BCUT2D eigenvalue weighted by molar-refractivity contribution is 0.0536. The molecule has 0 aliphatic carbocycles. The van der Waals surface area contributed by atoms with Crippen LogP contribution in [0.25, 0.3) is 11.1 Å². The minimum atomic E-state index is -4.31. The van der Waals surface area contributed by atoms with Gasteiger partial charge in [0.05, 0.1) is 6.61 Å². The fourth-order valence-corrected chi connectivity index (χ4v) is 2.62. The average Bonchev–Trinajstić information content (AvgIpc) is 2.52. The molecule has 2 aromatic carbocycles. The van der Waals surface area contributed by atoms with Gasteiger partial charge in [0.15, 0.2) is 0 Å². The summed E-state index contributed by atoms with van der Waals surface area (Å²) in [6.45, 7) is -0.433. The molecule has 118 valence electrons. The van der Waals surface area contributed by atoms with Crippen LogP contribution in [0.5, 0.6) is 5.75 Å². The van der Waals surface area contributed by atoms with Crippen LogP contribution in [-0.2, 0) is 10.1 Å². The van der Waals surface area contributed by atoms with Crippen molar-refractivity contribution in [2.45, 2.75) is 11.0 Å². The zero-order chi connectivity index (χ0) is 16.2. The van der Waals surface area contributed by atoms with Crippen LogP contribution < -0.4 is 4.74 Å². The highest BCUT2D eigenvalue weighted by Gasteiger charge is 2.15. The summed E-state index contributed by atoms with van der Waals surface area (Å²) in [5.74, 6) is 0.473. The standard InChI is InChI=1S/C15H16O6S/c16-9-12(17)10-21-13-7-5-11(6-8-13)14-3-1-2-4-15(14)22(18,19)20/h1-8,12,16-17H,9-10H2,(H,18,19,20). The Kier molecular flexibility index (Phi) is 5.15. The summed E-state index contributed by atoms with van der Waals surface area (Å²) < 4.78 is 37.3. The Balaban J connectivity index is 2.25. The zero-order valence-corrected chi connectivity index (χ0v) is 12.4. The van der Waals surface area contributed by atoms with Crippen LogP contribution in [0.1, 0.15) is 0 Å². The van der Waals surface area contributed by atoms with Gasteiger partial charge >= 0.3 is 0 Å².